The highest BCUT2D eigenvalue weighted by atomic mass is 79.9. The lowest BCUT2D eigenvalue weighted by Crippen LogP contribution is -2.03. The molecule has 2 aromatic rings. The van der Waals surface area contributed by atoms with E-state index in [2.05, 4.69) is 15.9 Å². The fourth-order valence-electron chi connectivity index (χ4n) is 1.77. The van der Waals surface area contributed by atoms with E-state index < -0.39 is 0 Å². The highest BCUT2D eigenvalue weighted by Crippen LogP contribution is 2.30. The Morgan fingerprint density at radius 2 is 1.70 bits per heavy atom. The van der Waals surface area contributed by atoms with Crippen molar-refractivity contribution >= 4 is 33.3 Å². The quantitative estimate of drug-likeness (QED) is 0.765. The van der Waals surface area contributed by atoms with Crippen LogP contribution >= 0.6 is 27.5 Å². The minimum absolute atomic E-state index is 0.187. The third-order valence-electron chi connectivity index (χ3n) is 2.81. The number of ketones is 1. The Labute approximate surface area is 130 Å². The third-order valence-corrected chi connectivity index (χ3v) is 4.11. The molecule has 0 unspecified atom stereocenters. The summed E-state index contributed by atoms with van der Waals surface area (Å²) in [6, 6.07) is 10.2. The number of hydrogen-bond donors (Lipinski definition) is 0. The third kappa shape index (κ3) is 2.97. The maximum atomic E-state index is 12.5. The van der Waals surface area contributed by atoms with Gasteiger partial charge < -0.3 is 9.47 Å². The second kappa shape index (κ2) is 6.29. The molecule has 0 aliphatic rings. The molecule has 2 aromatic carbocycles. The molecule has 3 nitrogen and oxygen atoms in total. The molecule has 0 bridgehead atoms. The predicted octanol–water partition coefficient (Wildman–Crippen LogP) is 4.35. The van der Waals surface area contributed by atoms with Crippen LogP contribution in [0.15, 0.2) is 40.9 Å². The van der Waals surface area contributed by atoms with E-state index in [-0.39, 0.29) is 5.78 Å². The molecule has 0 N–H and O–H groups in total. The minimum Gasteiger partial charge on any atom is -0.497 e. The summed E-state index contributed by atoms with van der Waals surface area (Å²) < 4.78 is 11.0. The standard InChI is InChI=1S/C15H12BrClO3/c1-19-10-6-9(7-11(8-10)20-2)15(18)12-4-3-5-13(16)14(12)17/h3-8H,1-2H3. The highest BCUT2D eigenvalue weighted by molar-refractivity contribution is 9.10. The topological polar surface area (TPSA) is 35.5 Å². The van der Waals surface area contributed by atoms with Crippen LogP contribution in [-0.2, 0) is 0 Å². The van der Waals surface area contributed by atoms with Crippen LogP contribution in [0.2, 0.25) is 5.02 Å². The molecule has 0 saturated carbocycles. The summed E-state index contributed by atoms with van der Waals surface area (Å²) >= 11 is 9.46. The number of carbonyl (C=O) groups is 1. The Morgan fingerprint density at radius 3 is 2.25 bits per heavy atom. The van der Waals surface area contributed by atoms with Crippen LogP contribution in [0, 0.1) is 0 Å². The molecule has 0 heterocycles. The molecular weight excluding hydrogens is 344 g/mol. The average Bonchev–Trinajstić information content (AvgIpc) is 2.48. The van der Waals surface area contributed by atoms with Crippen molar-refractivity contribution in [2.24, 2.45) is 0 Å². The monoisotopic (exact) mass is 354 g/mol. The van der Waals surface area contributed by atoms with E-state index in [1.807, 2.05) is 0 Å². The van der Waals surface area contributed by atoms with Crippen molar-refractivity contribution in [3.63, 3.8) is 0 Å². The van der Waals surface area contributed by atoms with E-state index in [1.165, 1.54) is 14.2 Å². The van der Waals surface area contributed by atoms with Crippen molar-refractivity contribution in [3.05, 3.63) is 57.0 Å². The number of benzene rings is 2. The zero-order valence-electron chi connectivity index (χ0n) is 10.9. The van der Waals surface area contributed by atoms with Gasteiger partial charge in [0.2, 0.25) is 0 Å². The molecule has 5 heteroatoms. The number of halogens is 2. The summed E-state index contributed by atoms with van der Waals surface area (Å²) in [6.45, 7) is 0. The van der Waals surface area contributed by atoms with Crippen molar-refractivity contribution in [2.45, 2.75) is 0 Å². The maximum Gasteiger partial charge on any atom is 0.194 e. The molecule has 0 radical (unpaired) electrons. The summed E-state index contributed by atoms with van der Waals surface area (Å²) in [5.41, 5.74) is 0.887. The van der Waals surface area contributed by atoms with Crippen molar-refractivity contribution in [1.82, 2.24) is 0 Å². The number of methoxy groups -OCH3 is 2. The molecule has 0 fully saturated rings. The number of rotatable bonds is 4. The van der Waals surface area contributed by atoms with Crippen LogP contribution in [0.5, 0.6) is 11.5 Å². The Hall–Kier alpha value is -1.52. The first-order chi connectivity index (χ1) is 9.56. The van der Waals surface area contributed by atoms with Crippen molar-refractivity contribution in [3.8, 4) is 11.5 Å². The van der Waals surface area contributed by atoms with Gasteiger partial charge in [-0.15, -0.1) is 0 Å². The van der Waals surface area contributed by atoms with Gasteiger partial charge in [-0.2, -0.15) is 0 Å². The molecule has 0 aliphatic carbocycles. The molecule has 0 atom stereocenters. The second-order valence-corrected chi connectivity index (χ2v) is 5.26. The largest absolute Gasteiger partial charge is 0.497 e. The number of carbonyl (C=O) groups excluding carboxylic acids is 1. The lowest BCUT2D eigenvalue weighted by Gasteiger charge is -2.09. The van der Waals surface area contributed by atoms with Crippen LogP contribution in [-0.4, -0.2) is 20.0 Å². The maximum absolute atomic E-state index is 12.5. The van der Waals surface area contributed by atoms with Crippen LogP contribution in [0.4, 0.5) is 0 Å². The van der Waals surface area contributed by atoms with E-state index in [9.17, 15) is 4.79 Å². The van der Waals surface area contributed by atoms with Crippen molar-refractivity contribution in [1.29, 1.82) is 0 Å². The zero-order chi connectivity index (χ0) is 14.7. The Bertz CT molecular complexity index is 633. The van der Waals surface area contributed by atoms with E-state index in [0.717, 1.165) is 0 Å². The molecule has 0 aliphatic heterocycles. The Balaban J connectivity index is 2.50. The van der Waals surface area contributed by atoms with Gasteiger partial charge in [0.1, 0.15) is 11.5 Å². The van der Waals surface area contributed by atoms with Crippen molar-refractivity contribution < 1.29 is 14.3 Å². The molecule has 2 rings (SSSR count). The van der Waals surface area contributed by atoms with E-state index in [4.69, 9.17) is 21.1 Å². The van der Waals surface area contributed by atoms with Gasteiger partial charge in [-0.3, -0.25) is 4.79 Å². The normalized spacial score (nSPS) is 10.2. The summed E-state index contributed by atoms with van der Waals surface area (Å²) in [4.78, 5) is 12.5. The second-order valence-electron chi connectivity index (χ2n) is 4.03. The fraction of sp³-hybridized carbons (Fsp3) is 0.133. The Kier molecular flexibility index (Phi) is 4.68. The first kappa shape index (κ1) is 14.9. The summed E-state index contributed by atoms with van der Waals surface area (Å²) in [5, 5.41) is 0.388. The van der Waals surface area contributed by atoms with Gasteiger partial charge in [0.05, 0.1) is 19.2 Å². The lowest BCUT2D eigenvalue weighted by atomic mass is 10.0. The van der Waals surface area contributed by atoms with Gasteiger partial charge in [-0.25, -0.2) is 0 Å². The van der Waals surface area contributed by atoms with Crippen LogP contribution in [0.1, 0.15) is 15.9 Å². The summed E-state index contributed by atoms with van der Waals surface area (Å²) in [6.07, 6.45) is 0. The first-order valence-corrected chi connectivity index (χ1v) is 6.95. The van der Waals surface area contributed by atoms with E-state index in [1.54, 1.807) is 36.4 Å². The molecular formula is C15H12BrClO3. The van der Waals surface area contributed by atoms with Gasteiger partial charge in [-0.1, -0.05) is 17.7 Å². The highest BCUT2D eigenvalue weighted by Gasteiger charge is 2.16. The lowest BCUT2D eigenvalue weighted by molar-refractivity contribution is 0.103. The van der Waals surface area contributed by atoms with Crippen molar-refractivity contribution in [2.75, 3.05) is 14.2 Å². The molecule has 20 heavy (non-hydrogen) atoms. The van der Waals surface area contributed by atoms with E-state index in [0.29, 0.717) is 32.1 Å². The Morgan fingerprint density at radius 1 is 1.10 bits per heavy atom. The van der Waals surface area contributed by atoms with Gasteiger partial charge in [0, 0.05) is 21.7 Å². The number of hydrogen-bond acceptors (Lipinski definition) is 3. The van der Waals surface area contributed by atoms with Gasteiger partial charge in [0.15, 0.2) is 5.78 Å². The molecule has 0 amide bonds. The first-order valence-electron chi connectivity index (χ1n) is 5.78. The van der Waals surface area contributed by atoms with Crippen LogP contribution in [0.25, 0.3) is 0 Å². The summed E-state index contributed by atoms with van der Waals surface area (Å²) in [7, 11) is 3.07. The van der Waals surface area contributed by atoms with Crippen LogP contribution < -0.4 is 9.47 Å². The summed E-state index contributed by atoms with van der Waals surface area (Å²) in [5.74, 6) is 0.922. The van der Waals surface area contributed by atoms with Crippen LogP contribution in [0.3, 0.4) is 0 Å². The van der Waals surface area contributed by atoms with E-state index >= 15 is 0 Å². The SMILES string of the molecule is COc1cc(OC)cc(C(=O)c2cccc(Br)c2Cl)c1. The average molecular weight is 356 g/mol. The predicted molar refractivity (Wildman–Crippen MR) is 82.1 cm³/mol. The van der Waals surface area contributed by atoms with Gasteiger partial charge in [0.25, 0.3) is 0 Å². The van der Waals surface area contributed by atoms with Gasteiger partial charge >= 0.3 is 0 Å². The molecule has 0 aromatic heterocycles. The molecule has 0 spiro atoms. The smallest absolute Gasteiger partial charge is 0.194 e. The zero-order valence-corrected chi connectivity index (χ0v) is 13.3. The fourth-order valence-corrected chi connectivity index (χ4v) is 2.35. The minimum atomic E-state index is -0.187. The number of ether oxygens (including phenoxy) is 2. The van der Waals surface area contributed by atoms with Gasteiger partial charge in [-0.05, 0) is 40.2 Å². The molecule has 0 saturated heterocycles. The molecule has 104 valence electrons.